The third kappa shape index (κ3) is 2.31. The summed E-state index contributed by atoms with van der Waals surface area (Å²) in [7, 11) is 2.03. The topological polar surface area (TPSA) is 37.8 Å². The Morgan fingerprint density at radius 2 is 2.39 bits per heavy atom. The van der Waals surface area contributed by atoms with Crippen molar-refractivity contribution in [3.8, 4) is 0 Å². The van der Waals surface area contributed by atoms with Crippen LogP contribution >= 0.6 is 11.3 Å². The van der Waals surface area contributed by atoms with E-state index < -0.39 is 0 Å². The molecule has 1 unspecified atom stereocenters. The van der Waals surface area contributed by atoms with Crippen molar-refractivity contribution in [2.75, 3.05) is 7.05 Å². The molecule has 4 heteroatoms. The van der Waals surface area contributed by atoms with Gasteiger partial charge in [-0.2, -0.15) is 0 Å². The first-order chi connectivity index (χ1) is 8.86. The minimum atomic E-state index is 0.447. The Labute approximate surface area is 111 Å². The largest absolute Gasteiger partial charge is 0.312 e. The third-order valence-corrected chi connectivity index (χ3v) is 4.54. The number of thiazole rings is 1. The summed E-state index contributed by atoms with van der Waals surface area (Å²) < 4.78 is 0. The molecule has 18 heavy (non-hydrogen) atoms. The molecular formula is C14H17N3S. The van der Waals surface area contributed by atoms with Crippen molar-refractivity contribution in [2.24, 2.45) is 0 Å². The van der Waals surface area contributed by atoms with E-state index in [4.69, 9.17) is 4.98 Å². The first-order valence-corrected chi connectivity index (χ1v) is 7.24. The summed E-state index contributed by atoms with van der Waals surface area (Å²) in [4.78, 5) is 10.6. The maximum absolute atomic E-state index is 4.81. The summed E-state index contributed by atoms with van der Waals surface area (Å²) in [6, 6.07) is 6.50. The van der Waals surface area contributed by atoms with E-state index in [1.54, 1.807) is 0 Å². The monoisotopic (exact) mass is 259 g/mol. The molecule has 1 N–H and O–H groups in total. The summed E-state index contributed by atoms with van der Waals surface area (Å²) >= 11 is 1.86. The molecule has 0 spiro atoms. The molecule has 2 heterocycles. The Bertz CT molecular complexity index is 521. The Hall–Kier alpha value is -1.26. The number of hydrogen-bond acceptors (Lipinski definition) is 4. The number of pyridine rings is 1. The molecule has 0 fully saturated rings. The van der Waals surface area contributed by atoms with E-state index in [1.807, 2.05) is 36.7 Å². The Balaban J connectivity index is 1.84. The average Bonchev–Trinajstić information content (AvgIpc) is 2.82. The highest BCUT2D eigenvalue weighted by Gasteiger charge is 2.23. The van der Waals surface area contributed by atoms with Crippen LogP contribution in [0.3, 0.4) is 0 Å². The van der Waals surface area contributed by atoms with Crippen LogP contribution in [0, 0.1) is 0 Å². The fourth-order valence-corrected chi connectivity index (χ4v) is 3.67. The quantitative estimate of drug-likeness (QED) is 0.921. The SMILES string of the molecule is CNC1CCCc2sc(Cc3ccccn3)nc21. The minimum absolute atomic E-state index is 0.447. The molecule has 0 radical (unpaired) electrons. The molecule has 2 aromatic heterocycles. The summed E-state index contributed by atoms with van der Waals surface area (Å²) in [6.45, 7) is 0. The van der Waals surface area contributed by atoms with Gasteiger partial charge in [-0.3, -0.25) is 4.98 Å². The number of fused-ring (bicyclic) bond motifs is 1. The van der Waals surface area contributed by atoms with E-state index in [-0.39, 0.29) is 0 Å². The fraction of sp³-hybridized carbons (Fsp3) is 0.429. The van der Waals surface area contributed by atoms with Crippen LogP contribution in [-0.2, 0) is 12.8 Å². The molecule has 1 atom stereocenters. The molecule has 0 aromatic carbocycles. The number of hydrogen-bond donors (Lipinski definition) is 1. The molecular weight excluding hydrogens is 242 g/mol. The number of aromatic nitrogens is 2. The molecule has 0 saturated heterocycles. The van der Waals surface area contributed by atoms with Crippen molar-refractivity contribution in [3.63, 3.8) is 0 Å². The van der Waals surface area contributed by atoms with Gasteiger partial charge in [0, 0.05) is 23.2 Å². The molecule has 2 aromatic rings. The maximum Gasteiger partial charge on any atom is 0.0991 e. The van der Waals surface area contributed by atoms with Gasteiger partial charge < -0.3 is 5.32 Å². The van der Waals surface area contributed by atoms with E-state index in [2.05, 4.69) is 16.4 Å². The molecule has 0 aliphatic heterocycles. The Kier molecular flexibility index (Phi) is 3.39. The number of nitrogens with zero attached hydrogens (tertiary/aromatic N) is 2. The second-order valence-electron chi connectivity index (χ2n) is 4.65. The first-order valence-electron chi connectivity index (χ1n) is 6.42. The summed E-state index contributed by atoms with van der Waals surface area (Å²) in [5.74, 6) is 0. The second kappa shape index (κ2) is 5.16. The third-order valence-electron chi connectivity index (χ3n) is 3.41. The predicted molar refractivity (Wildman–Crippen MR) is 73.9 cm³/mol. The van der Waals surface area contributed by atoms with E-state index in [0.29, 0.717) is 6.04 Å². The zero-order chi connectivity index (χ0) is 12.4. The van der Waals surface area contributed by atoms with Crippen molar-refractivity contribution in [3.05, 3.63) is 45.7 Å². The van der Waals surface area contributed by atoms with Gasteiger partial charge in [-0.15, -0.1) is 11.3 Å². The van der Waals surface area contributed by atoms with Crippen LogP contribution in [0.4, 0.5) is 0 Å². The Morgan fingerprint density at radius 3 is 3.17 bits per heavy atom. The standard InChI is InChI=1S/C14H17N3S/c1-15-11-6-4-7-12-14(11)17-13(18-12)9-10-5-2-3-8-16-10/h2-3,5,8,11,15H,4,6-7,9H2,1H3. The van der Waals surface area contributed by atoms with Crippen molar-refractivity contribution >= 4 is 11.3 Å². The lowest BCUT2D eigenvalue weighted by atomic mass is 9.98. The smallest absolute Gasteiger partial charge is 0.0991 e. The van der Waals surface area contributed by atoms with Gasteiger partial charge in [-0.05, 0) is 38.4 Å². The van der Waals surface area contributed by atoms with Gasteiger partial charge in [0.05, 0.1) is 16.7 Å². The zero-order valence-electron chi connectivity index (χ0n) is 10.5. The highest BCUT2D eigenvalue weighted by molar-refractivity contribution is 7.11. The predicted octanol–water partition coefficient (Wildman–Crippen LogP) is 2.73. The molecule has 1 aliphatic carbocycles. The average molecular weight is 259 g/mol. The lowest BCUT2D eigenvalue weighted by molar-refractivity contribution is 0.489. The maximum atomic E-state index is 4.81. The van der Waals surface area contributed by atoms with Crippen LogP contribution in [0.1, 0.15) is 40.2 Å². The van der Waals surface area contributed by atoms with Gasteiger partial charge in [0.25, 0.3) is 0 Å². The summed E-state index contributed by atoms with van der Waals surface area (Å²) in [5.41, 5.74) is 2.38. The van der Waals surface area contributed by atoms with Gasteiger partial charge in [0.15, 0.2) is 0 Å². The van der Waals surface area contributed by atoms with E-state index in [1.165, 1.54) is 34.8 Å². The molecule has 0 amide bonds. The van der Waals surface area contributed by atoms with Crippen molar-refractivity contribution < 1.29 is 0 Å². The van der Waals surface area contributed by atoms with Gasteiger partial charge >= 0.3 is 0 Å². The van der Waals surface area contributed by atoms with E-state index in [0.717, 1.165) is 12.1 Å². The summed E-state index contributed by atoms with van der Waals surface area (Å²) in [6.07, 6.45) is 6.36. The lowest BCUT2D eigenvalue weighted by Gasteiger charge is -2.19. The molecule has 1 aliphatic rings. The highest BCUT2D eigenvalue weighted by Crippen LogP contribution is 2.33. The van der Waals surface area contributed by atoms with E-state index >= 15 is 0 Å². The van der Waals surface area contributed by atoms with Crippen molar-refractivity contribution in [1.82, 2.24) is 15.3 Å². The molecule has 3 rings (SSSR count). The van der Waals surface area contributed by atoms with Gasteiger partial charge in [0.2, 0.25) is 0 Å². The first kappa shape index (κ1) is 11.8. The fourth-order valence-electron chi connectivity index (χ4n) is 2.48. The lowest BCUT2D eigenvalue weighted by Crippen LogP contribution is -2.21. The minimum Gasteiger partial charge on any atom is -0.312 e. The van der Waals surface area contributed by atoms with Gasteiger partial charge in [-0.25, -0.2) is 4.98 Å². The number of nitrogens with one attached hydrogen (secondary N) is 1. The summed E-state index contributed by atoms with van der Waals surface area (Å²) in [5, 5.41) is 4.56. The number of aryl methyl sites for hydroxylation is 1. The van der Waals surface area contributed by atoms with Crippen LogP contribution < -0.4 is 5.32 Å². The molecule has 3 nitrogen and oxygen atoms in total. The van der Waals surface area contributed by atoms with Crippen molar-refractivity contribution in [2.45, 2.75) is 31.7 Å². The van der Waals surface area contributed by atoms with Crippen LogP contribution in [-0.4, -0.2) is 17.0 Å². The second-order valence-corrected chi connectivity index (χ2v) is 5.82. The van der Waals surface area contributed by atoms with Crippen LogP contribution in [0.15, 0.2) is 24.4 Å². The normalized spacial score (nSPS) is 18.6. The van der Waals surface area contributed by atoms with Crippen LogP contribution in [0.2, 0.25) is 0 Å². The van der Waals surface area contributed by atoms with Crippen LogP contribution in [0.5, 0.6) is 0 Å². The van der Waals surface area contributed by atoms with E-state index in [9.17, 15) is 0 Å². The van der Waals surface area contributed by atoms with Gasteiger partial charge in [0.1, 0.15) is 0 Å². The van der Waals surface area contributed by atoms with Crippen LogP contribution in [0.25, 0.3) is 0 Å². The molecule has 0 bridgehead atoms. The molecule has 0 saturated carbocycles. The van der Waals surface area contributed by atoms with Gasteiger partial charge in [-0.1, -0.05) is 6.07 Å². The van der Waals surface area contributed by atoms with Crippen molar-refractivity contribution in [1.29, 1.82) is 0 Å². The number of rotatable bonds is 3. The molecule has 94 valence electrons. The zero-order valence-corrected chi connectivity index (χ0v) is 11.3. The Morgan fingerprint density at radius 1 is 1.44 bits per heavy atom. The highest BCUT2D eigenvalue weighted by atomic mass is 32.1.